The molecule has 7 heteroatoms. The third-order valence-corrected chi connectivity index (χ3v) is 5.95. The summed E-state index contributed by atoms with van der Waals surface area (Å²) in [7, 11) is 0. The van der Waals surface area contributed by atoms with Crippen molar-refractivity contribution in [3.8, 4) is 5.75 Å². The monoisotopic (exact) mass is 427 g/mol. The minimum atomic E-state index is -0.576. The standard InChI is InChI=1S/C24H33N3O4/c28-22(18-31-21-9-5-2-6-10-21)27-15-12-20(13-16-27)17-26-24(30)23(29)25-14-11-19-7-3-1-4-8-19/h2,5-7,9-10,20H,1,3-4,8,11-18H2,(H,25,29)(H,26,30). The van der Waals surface area contributed by atoms with Crippen LogP contribution in [-0.4, -0.2) is 55.4 Å². The molecule has 1 fully saturated rings. The molecule has 3 amide bonds. The molecule has 0 atom stereocenters. The molecular formula is C24H33N3O4. The van der Waals surface area contributed by atoms with Crippen molar-refractivity contribution in [2.75, 3.05) is 32.8 Å². The van der Waals surface area contributed by atoms with E-state index in [1.807, 2.05) is 30.3 Å². The molecule has 7 nitrogen and oxygen atoms in total. The summed E-state index contributed by atoms with van der Waals surface area (Å²) in [6.07, 6.45) is 9.34. The van der Waals surface area contributed by atoms with Crippen molar-refractivity contribution in [1.82, 2.24) is 15.5 Å². The molecule has 0 saturated carbocycles. The molecular weight excluding hydrogens is 394 g/mol. The number of likely N-dealkylation sites (tertiary alicyclic amines) is 1. The number of hydrogen-bond donors (Lipinski definition) is 2. The Hall–Kier alpha value is -2.83. The Labute approximate surface area is 184 Å². The highest BCUT2D eigenvalue weighted by Crippen LogP contribution is 2.19. The number of hydrogen-bond acceptors (Lipinski definition) is 4. The van der Waals surface area contributed by atoms with E-state index in [2.05, 4.69) is 16.7 Å². The fourth-order valence-electron chi connectivity index (χ4n) is 4.01. The first-order chi connectivity index (χ1) is 15.1. The average molecular weight is 428 g/mol. The number of ether oxygens (including phenoxy) is 1. The van der Waals surface area contributed by atoms with Crippen LogP contribution in [0.3, 0.4) is 0 Å². The van der Waals surface area contributed by atoms with Gasteiger partial charge in [0.05, 0.1) is 0 Å². The normalized spacial score (nSPS) is 16.9. The summed E-state index contributed by atoms with van der Waals surface area (Å²) in [4.78, 5) is 38.1. The number of carbonyl (C=O) groups is 3. The Balaban J connectivity index is 1.27. The smallest absolute Gasteiger partial charge is 0.309 e. The second kappa shape index (κ2) is 12.1. The van der Waals surface area contributed by atoms with Gasteiger partial charge in [-0.25, -0.2) is 0 Å². The maximum atomic E-state index is 12.3. The van der Waals surface area contributed by atoms with E-state index < -0.39 is 11.8 Å². The fraction of sp³-hybridized carbons (Fsp3) is 0.542. The molecule has 3 rings (SSSR count). The van der Waals surface area contributed by atoms with Crippen molar-refractivity contribution < 1.29 is 19.1 Å². The van der Waals surface area contributed by atoms with Crippen LogP contribution in [-0.2, 0) is 14.4 Å². The van der Waals surface area contributed by atoms with Gasteiger partial charge in [0.25, 0.3) is 5.91 Å². The van der Waals surface area contributed by atoms with Crippen molar-refractivity contribution in [2.24, 2.45) is 5.92 Å². The fourth-order valence-corrected chi connectivity index (χ4v) is 4.01. The van der Waals surface area contributed by atoms with Gasteiger partial charge < -0.3 is 20.3 Å². The molecule has 0 radical (unpaired) electrons. The lowest BCUT2D eigenvalue weighted by molar-refractivity contribution is -0.139. The number of para-hydroxylation sites is 1. The Morgan fingerprint density at radius 3 is 2.45 bits per heavy atom. The van der Waals surface area contributed by atoms with Gasteiger partial charge in [0.1, 0.15) is 5.75 Å². The summed E-state index contributed by atoms with van der Waals surface area (Å²) in [5, 5.41) is 5.45. The second-order valence-electron chi connectivity index (χ2n) is 8.25. The summed E-state index contributed by atoms with van der Waals surface area (Å²) < 4.78 is 5.53. The third-order valence-electron chi connectivity index (χ3n) is 5.95. The van der Waals surface area contributed by atoms with Gasteiger partial charge in [-0.1, -0.05) is 29.8 Å². The van der Waals surface area contributed by atoms with Crippen LogP contribution in [0, 0.1) is 5.92 Å². The van der Waals surface area contributed by atoms with Gasteiger partial charge in [-0.3, -0.25) is 14.4 Å². The average Bonchev–Trinajstić information content (AvgIpc) is 2.82. The molecule has 0 bridgehead atoms. The molecule has 168 valence electrons. The SMILES string of the molecule is O=C(NCCC1=CCCCC1)C(=O)NCC1CCN(C(=O)COc2ccccc2)CC1. The number of amides is 3. The van der Waals surface area contributed by atoms with Crippen LogP contribution in [0.25, 0.3) is 0 Å². The number of carbonyl (C=O) groups excluding carboxylic acids is 3. The highest BCUT2D eigenvalue weighted by molar-refractivity contribution is 6.35. The molecule has 1 aromatic carbocycles. The van der Waals surface area contributed by atoms with Crippen LogP contribution in [0.15, 0.2) is 42.0 Å². The van der Waals surface area contributed by atoms with Crippen molar-refractivity contribution in [1.29, 1.82) is 0 Å². The zero-order valence-corrected chi connectivity index (χ0v) is 18.1. The number of rotatable bonds is 8. The number of piperidine rings is 1. The Morgan fingerprint density at radius 2 is 1.74 bits per heavy atom. The topological polar surface area (TPSA) is 87.7 Å². The third kappa shape index (κ3) is 7.74. The van der Waals surface area contributed by atoms with Gasteiger partial charge in [0.2, 0.25) is 0 Å². The van der Waals surface area contributed by atoms with Crippen LogP contribution >= 0.6 is 0 Å². The minimum absolute atomic E-state index is 0.0289. The van der Waals surface area contributed by atoms with E-state index in [0.29, 0.717) is 31.9 Å². The van der Waals surface area contributed by atoms with Gasteiger partial charge in [-0.15, -0.1) is 0 Å². The molecule has 1 aromatic rings. The maximum Gasteiger partial charge on any atom is 0.309 e. The molecule has 2 N–H and O–H groups in total. The van der Waals surface area contributed by atoms with Gasteiger partial charge in [-0.05, 0) is 63.0 Å². The minimum Gasteiger partial charge on any atom is -0.484 e. The highest BCUT2D eigenvalue weighted by atomic mass is 16.5. The van der Waals surface area contributed by atoms with Crippen molar-refractivity contribution in [3.63, 3.8) is 0 Å². The van der Waals surface area contributed by atoms with Crippen molar-refractivity contribution in [3.05, 3.63) is 42.0 Å². The largest absolute Gasteiger partial charge is 0.484 e. The number of benzene rings is 1. The Morgan fingerprint density at radius 1 is 1.00 bits per heavy atom. The van der Waals surface area contributed by atoms with Crippen LogP contribution in [0.4, 0.5) is 0 Å². The number of nitrogens with zero attached hydrogens (tertiary/aromatic N) is 1. The molecule has 0 aromatic heterocycles. The molecule has 31 heavy (non-hydrogen) atoms. The zero-order valence-electron chi connectivity index (χ0n) is 18.1. The molecule has 1 heterocycles. The summed E-state index contributed by atoms with van der Waals surface area (Å²) in [5.41, 5.74) is 1.38. The first kappa shape index (κ1) is 22.8. The lowest BCUT2D eigenvalue weighted by Crippen LogP contribution is -2.45. The van der Waals surface area contributed by atoms with Gasteiger partial charge in [0.15, 0.2) is 6.61 Å². The maximum absolute atomic E-state index is 12.3. The highest BCUT2D eigenvalue weighted by Gasteiger charge is 2.24. The molecule has 1 saturated heterocycles. The van der Waals surface area contributed by atoms with E-state index in [1.165, 1.54) is 18.4 Å². The molecule has 2 aliphatic rings. The van der Waals surface area contributed by atoms with Gasteiger partial charge in [-0.2, -0.15) is 0 Å². The predicted octanol–water partition coefficient (Wildman–Crippen LogP) is 2.43. The summed E-state index contributed by atoms with van der Waals surface area (Å²) in [6, 6.07) is 9.29. The lowest BCUT2D eigenvalue weighted by atomic mass is 9.96. The van der Waals surface area contributed by atoms with E-state index >= 15 is 0 Å². The second-order valence-corrected chi connectivity index (χ2v) is 8.25. The summed E-state index contributed by atoms with van der Waals surface area (Å²) in [5.74, 6) is -0.223. The van der Waals surface area contributed by atoms with Crippen LogP contribution in [0.5, 0.6) is 5.75 Å². The molecule has 0 unspecified atom stereocenters. The van der Waals surface area contributed by atoms with E-state index in [0.717, 1.165) is 32.1 Å². The van der Waals surface area contributed by atoms with Gasteiger partial charge in [0, 0.05) is 26.2 Å². The summed E-state index contributed by atoms with van der Waals surface area (Å²) in [6.45, 7) is 2.27. The number of allylic oxidation sites excluding steroid dienone is 1. The molecule has 1 aliphatic carbocycles. The Kier molecular flexibility index (Phi) is 8.94. The van der Waals surface area contributed by atoms with Crippen LogP contribution in [0.1, 0.15) is 44.9 Å². The van der Waals surface area contributed by atoms with E-state index in [9.17, 15) is 14.4 Å². The lowest BCUT2D eigenvalue weighted by Gasteiger charge is -2.32. The number of nitrogens with one attached hydrogen (secondary N) is 2. The van der Waals surface area contributed by atoms with Crippen molar-refractivity contribution in [2.45, 2.75) is 44.9 Å². The van der Waals surface area contributed by atoms with E-state index in [-0.39, 0.29) is 18.4 Å². The summed E-state index contributed by atoms with van der Waals surface area (Å²) >= 11 is 0. The van der Waals surface area contributed by atoms with E-state index in [1.54, 1.807) is 4.90 Å². The van der Waals surface area contributed by atoms with Crippen molar-refractivity contribution >= 4 is 17.7 Å². The first-order valence-corrected chi connectivity index (χ1v) is 11.3. The predicted molar refractivity (Wildman–Crippen MR) is 118 cm³/mol. The molecule has 1 aliphatic heterocycles. The van der Waals surface area contributed by atoms with Crippen LogP contribution in [0.2, 0.25) is 0 Å². The van der Waals surface area contributed by atoms with Gasteiger partial charge >= 0.3 is 11.8 Å². The first-order valence-electron chi connectivity index (χ1n) is 11.3. The zero-order chi connectivity index (χ0) is 21.9. The van der Waals surface area contributed by atoms with E-state index in [4.69, 9.17) is 4.74 Å². The quantitative estimate of drug-likeness (QED) is 0.493. The van der Waals surface area contributed by atoms with Crippen LogP contribution < -0.4 is 15.4 Å². The molecule has 0 spiro atoms. The Bertz CT molecular complexity index is 770.